The number of aryl methyl sites for hydroxylation is 2. The highest BCUT2D eigenvalue weighted by atomic mass is 16.5. The third-order valence-corrected chi connectivity index (χ3v) is 3.14. The smallest absolute Gasteiger partial charge is 0.317 e. The Balaban J connectivity index is 1.96. The van der Waals surface area contributed by atoms with Gasteiger partial charge in [0, 0.05) is 13.1 Å². The number of hydrogen-bond acceptors (Lipinski definition) is 3. The number of nitriles is 1. The monoisotopic (exact) mass is 259 g/mol. The Hall–Kier alpha value is -2.22. The van der Waals surface area contributed by atoms with Crippen LogP contribution in [-0.4, -0.2) is 37.2 Å². The van der Waals surface area contributed by atoms with E-state index in [1.54, 1.807) is 4.90 Å². The zero-order chi connectivity index (χ0) is 13.8. The molecule has 0 bridgehead atoms. The van der Waals surface area contributed by atoms with Gasteiger partial charge in [0.25, 0.3) is 0 Å². The zero-order valence-electron chi connectivity index (χ0n) is 11.2. The lowest BCUT2D eigenvalue weighted by molar-refractivity contribution is 0.202. The van der Waals surface area contributed by atoms with Gasteiger partial charge >= 0.3 is 6.03 Å². The first-order valence-electron chi connectivity index (χ1n) is 6.28. The molecule has 0 radical (unpaired) electrons. The highest BCUT2D eigenvalue weighted by molar-refractivity contribution is 5.76. The molecule has 1 N–H and O–H groups in total. The number of carbonyl (C=O) groups excluding carboxylic acids is 1. The van der Waals surface area contributed by atoms with Crippen molar-refractivity contribution < 1.29 is 9.53 Å². The van der Waals surface area contributed by atoms with Crippen LogP contribution < -0.4 is 10.1 Å². The highest BCUT2D eigenvalue weighted by Gasteiger charge is 2.18. The highest BCUT2D eigenvalue weighted by Crippen LogP contribution is 2.24. The molecule has 1 aliphatic heterocycles. The summed E-state index contributed by atoms with van der Waals surface area (Å²) in [6, 6.07) is 5.72. The quantitative estimate of drug-likeness (QED) is 0.892. The molecule has 1 aromatic rings. The maximum Gasteiger partial charge on any atom is 0.317 e. The van der Waals surface area contributed by atoms with Gasteiger partial charge in [-0.15, -0.1) is 0 Å². The molecule has 0 unspecified atom stereocenters. The van der Waals surface area contributed by atoms with Crippen molar-refractivity contribution in [3.05, 3.63) is 28.8 Å². The minimum atomic E-state index is -0.0307. The van der Waals surface area contributed by atoms with Gasteiger partial charge in [0.1, 0.15) is 12.4 Å². The van der Waals surface area contributed by atoms with Gasteiger partial charge in [0.05, 0.1) is 18.2 Å². The molecule has 19 heavy (non-hydrogen) atoms. The maximum absolute atomic E-state index is 11.4. The molecule has 1 aromatic carbocycles. The van der Waals surface area contributed by atoms with E-state index in [4.69, 9.17) is 10.00 Å². The summed E-state index contributed by atoms with van der Waals surface area (Å²) in [5.74, 6) is 0.804. The van der Waals surface area contributed by atoms with Crippen molar-refractivity contribution in [3.63, 3.8) is 0 Å². The Kier molecular flexibility index (Phi) is 3.91. The summed E-state index contributed by atoms with van der Waals surface area (Å²) in [6.45, 7) is 6.31. The van der Waals surface area contributed by atoms with Crippen molar-refractivity contribution in [2.45, 2.75) is 13.8 Å². The number of rotatable bonds is 4. The van der Waals surface area contributed by atoms with Crippen LogP contribution in [0, 0.1) is 25.2 Å². The zero-order valence-corrected chi connectivity index (χ0v) is 11.2. The number of nitrogens with one attached hydrogen (secondary N) is 1. The maximum atomic E-state index is 11.4. The molecule has 0 aliphatic carbocycles. The van der Waals surface area contributed by atoms with Gasteiger partial charge in [0.2, 0.25) is 0 Å². The summed E-state index contributed by atoms with van der Waals surface area (Å²) in [6.07, 6.45) is 0. The van der Waals surface area contributed by atoms with Crippen LogP contribution in [0.1, 0.15) is 16.7 Å². The molecule has 0 spiro atoms. The van der Waals surface area contributed by atoms with Gasteiger partial charge in [-0.1, -0.05) is 0 Å². The third kappa shape index (κ3) is 2.97. The molecule has 0 aromatic heterocycles. The molecular weight excluding hydrogens is 242 g/mol. The number of carbonyl (C=O) groups is 1. The van der Waals surface area contributed by atoms with Gasteiger partial charge in [0.15, 0.2) is 0 Å². The van der Waals surface area contributed by atoms with Crippen molar-refractivity contribution in [1.82, 2.24) is 10.2 Å². The number of hydrogen-bond donors (Lipinski definition) is 1. The molecule has 0 atom stereocenters. The normalized spacial score (nSPS) is 14.2. The third-order valence-electron chi connectivity index (χ3n) is 3.14. The summed E-state index contributed by atoms with van der Waals surface area (Å²) >= 11 is 0. The van der Waals surface area contributed by atoms with E-state index >= 15 is 0 Å². The van der Waals surface area contributed by atoms with E-state index in [1.807, 2.05) is 26.0 Å². The van der Waals surface area contributed by atoms with Crippen LogP contribution in [0.4, 0.5) is 4.79 Å². The molecule has 1 heterocycles. The lowest BCUT2D eigenvalue weighted by Gasteiger charge is -2.16. The molecule has 1 saturated heterocycles. The van der Waals surface area contributed by atoms with E-state index in [0.717, 1.165) is 23.4 Å². The number of urea groups is 1. The Bertz CT molecular complexity index is 511. The standard InChI is InChI=1S/C14H17N3O2/c1-10-7-12(9-15)8-11(2)13(10)19-6-5-17-4-3-16-14(17)18/h7-8H,3-6H2,1-2H3,(H,16,18). The Morgan fingerprint density at radius 3 is 2.63 bits per heavy atom. The van der Waals surface area contributed by atoms with Crippen molar-refractivity contribution in [2.75, 3.05) is 26.2 Å². The van der Waals surface area contributed by atoms with Crippen molar-refractivity contribution in [3.8, 4) is 11.8 Å². The number of ether oxygens (including phenoxy) is 1. The molecule has 2 amide bonds. The average molecular weight is 259 g/mol. The van der Waals surface area contributed by atoms with Crippen LogP contribution in [0.15, 0.2) is 12.1 Å². The average Bonchev–Trinajstić information content (AvgIpc) is 2.78. The summed E-state index contributed by atoms with van der Waals surface area (Å²) in [5, 5.41) is 11.6. The molecule has 2 rings (SSSR count). The van der Waals surface area contributed by atoms with E-state index in [-0.39, 0.29) is 6.03 Å². The van der Waals surface area contributed by atoms with Crippen molar-refractivity contribution in [2.24, 2.45) is 0 Å². The van der Waals surface area contributed by atoms with Crippen LogP contribution in [0.5, 0.6) is 5.75 Å². The molecule has 5 heteroatoms. The summed E-state index contributed by atoms with van der Waals surface area (Å²) in [4.78, 5) is 13.1. The molecule has 0 saturated carbocycles. The van der Waals surface area contributed by atoms with Crippen LogP contribution in [0.2, 0.25) is 0 Å². The predicted molar refractivity (Wildman–Crippen MR) is 71.1 cm³/mol. The summed E-state index contributed by atoms with van der Waals surface area (Å²) < 4.78 is 5.75. The van der Waals surface area contributed by atoms with Crippen LogP contribution >= 0.6 is 0 Å². The largest absolute Gasteiger partial charge is 0.491 e. The van der Waals surface area contributed by atoms with Crippen LogP contribution in [0.25, 0.3) is 0 Å². The number of benzene rings is 1. The van der Waals surface area contributed by atoms with E-state index in [9.17, 15) is 4.79 Å². The van der Waals surface area contributed by atoms with Crippen molar-refractivity contribution in [1.29, 1.82) is 5.26 Å². The first-order chi connectivity index (χ1) is 9.11. The van der Waals surface area contributed by atoms with Gasteiger partial charge in [-0.25, -0.2) is 4.79 Å². The van der Waals surface area contributed by atoms with Crippen molar-refractivity contribution >= 4 is 6.03 Å². The van der Waals surface area contributed by atoms with Crippen LogP contribution in [0.3, 0.4) is 0 Å². The minimum Gasteiger partial charge on any atom is -0.491 e. The number of nitrogens with zero attached hydrogens (tertiary/aromatic N) is 2. The second-order valence-corrected chi connectivity index (χ2v) is 4.62. The molecule has 1 aliphatic rings. The Labute approximate surface area is 112 Å². The van der Waals surface area contributed by atoms with Gasteiger partial charge in [-0.3, -0.25) is 0 Å². The van der Waals surface area contributed by atoms with E-state index < -0.39 is 0 Å². The Morgan fingerprint density at radius 2 is 2.11 bits per heavy atom. The molecular formula is C14H17N3O2. The van der Waals surface area contributed by atoms with Crippen LogP contribution in [-0.2, 0) is 0 Å². The van der Waals surface area contributed by atoms with E-state index in [1.165, 1.54) is 0 Å². The SMILES string of the molecule is Cc1cc(C#N)cc(C)c1OCCN1CCNC1=O. The first-order valence-corrected chi connectivity index (χ1v) is 6.28. The van der Waals surface area contributed by atoms with Gasteiger partial charge in [-0.05, 0) is 37.1 Å². The second kappa shape index (κ2) is 5.61. The van der Waals surface area contributed by atoms with E-state index in [0.29, 0.717) is 25.3 Å². The fourth-order valence-electron chi connectivity index (χ4n) is 2.22. The fourth-order valence-corrected chi connectivity index (χ4v) is 2.22. The van der Waals surface area contributed by atoms with E-state index in [2.05, 4.69) is 11.4 Å². The minimum absolute atomic E-state index is 0.0307. The predicted octanol–water partition coefficient (Wildman–Crippen LogP) is 1.58. The van der Waals surface area contributed by atoms with Gasteiger partial charge in [-0.2, -0.15) is 5.26 Å². The summed E-state index contributed by atoms with van der Waals surface area (Å²) in [5.41, 5.74) is 2.53. The topological polar surface area (TPSA) is 65.4 Å². The van der Waals surface area contributed by atoms with Gasteiger partial charge < -0.3 is 15.0 Å². The summed E-state index contributed by atoms with van der Waals surface area (Å²) in [7, 11) is 0. The molecule has 1 fully saturated rings. The first kappa shape index (κ1) is 13.2. The fraction of sp³-hybridized carbons (Fsp3) is 0.429. The second-order valence-electron chi connectivity index (χ2n) is 4.62. The lowest BCUT2D eigenvalue weighted by atomic mass is 10.1. The molecule has 5 nitrogen and oxygen atoms in total. The Morgan fingerprint density at radius 1 is 1.42 bits per heavy atom. The molecule has 100 valence electrons. The lowest BCUT2D eigenvalue weighted by Crippen LogP contribution is -2.32. The number of amides is 2.